The zero-order chi connectivity index (χ0) is 24.0. The van der Waals surface area contributed by atoms with Crippen molar-refractivity contribution in [3.05, 3.63) is 94.9 Å². The largest absolute Gasteiger partial charge is 0.320 e. The fourth-order valence-corrected chi connectivity index (χ4v) is 6.54. The van der Waals surface area contributed by atoms with Crippen LogP contribution in [-0.4, -0.2) is 51.3 Å². The van der Waals surface area contributed by atoms with Gasteiger partial charge in [0.25, 0.3) is 0 Å². The molecule has 0 amide bonds. The predicted molar refractivity (Wildman–Crippen MR) is 135 cm³/mol. The fraction of sp³-hybridized carbons (Fsp3) is 0.269. The minimum absolute atomic E-state index is 0.281. The fourth-order valence-electron chi connectivity index (χ4n) is 5.01. The maximum Gasteiger partial charge on any atom is 0.244 e. The highest BCUT2D eigenvalue weighted by Crippen LogP contribution is 2.43. The number of benzene rings is 1. The van der Waals surface area contributed by atoms with E-state index in [9.17, 15) is 8.42 Å². The van der Waals surface area contributed by atoms with Crippen LogP contribution < -0.4 is 0 Å². The molecule has 8 nitrogen and oxygen atoms in total. The summed E-state index contributed by atoms with van der Waals surface area (Å²) in [4.78, 5) is 11.5. The number of para-hydroxylation sites is 1. The topological polar surface area (TPSA) is 83.7 Å². The van der Waals surface area contributed by atoms with E-state index in [1.54, 1.807) is 28.9 Å². The zero-order valence-corrected chi connectivity index (χ0v) is 20.3. The van der Waals surface area contributed by atoms with E-state index < -0.39 is 10.0 Å². The van der Waals surface area contributed by atoms with Gasteiger partial charge in [0.15, 0.2) is 5.82 Å². The molecule has 1 fully saturated rings. The van der Waals surface area contributed by atoms with Gasteiger partial charge in [-0.15, -0.1) is 0 Å². The lowest BCUT2D eigenvalue weighted by atomic mass is 9.96. The van der Waals surface area contributed by atoms with Crippen LogP contribution in [0.25, 0.3) is 5.69 Å². The average Bonchev–Trinajstić information content (AvgIpc) is 3.24. The third kappa shape index (κ3) is 3.71. The Morgan fingerprint density at radius 1 is 0.971 bits per heavy atom. The van der Waals surface area contributed by atoms with E-state index in [1.165, 1.54) is 0 Å². The van der Waals surface area contributed by atoms with Crippen molar-refractivity contribution in [1.82, 2.24) is 24.0 Å². The monoisotopic (exact) mass is 486 g/mol. The van der Waals surface area contributed by atoms with Crippen molar-refractivity contribution in [2.24, 2.45) is 4.99 Å². The Hall–Kier alpha value is -3.56. The van der Waals surface area contributed by atoms with Crippen molar-refractivity contribution in [2.75, 3.05) is 13.1 Å². The van der Waals surface area contributed by atoms with E-state index in [2.05, 4.69) is 4.98 Å². The lowest BCUT2D eigenvalue weighted by Crippen LogP contribution is -2.39. The van der Waals surface area contributed by atoms with Gasteiger partial charge in [-0.1, -0.05) is 30.7 Å². The molecule has 1 saturated heterocycles. The van der Waals surface area contributed by atoms with E-state index in [4.69, 9.17) is 10.1 Å². The molecular formula is C26H26N6O2S. The van der Waals surface area contributed by atoms with Crippen LogP contribution in [0.5, 0.6) is 0 Å². The maximum atomic E-state index is 13.5. The number of nitrogens with zero attached hydrogens (tertiary/aromatic N) is 6. The second-order valence-electron chi connectivity index (χ2n) is 8.97. The molecule has 3 aliphatic rings. The molecule has 6 rings (SSSR count). The van der Waals surface area contributed by atoms with Crippen molar-refractivity contribution < 1.29 is 8.42 Å². The van der Waals surface area contributed by atoms with E-state index in [-0.39, 0.29) is 10.9 Å². The first-order valence-corrected chi connectivity index (χ1v) is 13.3. The van der Waals surface area contributed by atoms with Gasteiger partial charge in [-0.05, 0) is 55.7 Å². The van der Waals surface area contributed by atoms with Gasteiger partial charge in [-0.3, -0.25) is 4.98 Å². The summed E-state index contributed by atoms with van der Waals surface area (Å²) in [6.07, 6.45) is 11.6. The summed E-state index contributed by atoms with van der Waals surface area (Å²) in [5.41, 5.74) is 3.64. The smallest absolute Gasteiger partial charge is 0.244 e. The average molecular weight is 487 g/mol. The minimum atomic E-state index is -3.59. The van der Waals surface area contributed by atoms with Crippen LogP contribution in [0, 0.1) is 6.92 Å². The van der Waals surface area contributed by atoms with Gasteiger partial charge < -0.3 is 4.90 Å². The predicted octanol–water partition coefficient (Wildman–Crippen LogP) is 4.24. The Labute approximate surface area is 205 Å². The Morgan fingerprint density at radius 3 is 2.51 bits per heavy atom. The molecule has 0 aliphatic carbocycles. The summed E-state index contributed by atoms with van der Waals surface area (Å²) in [5.74, 6) is 1.41. The molecule has 3 aromatic rings. The summed E-state index contributed by atoms with van der Waals surface area (Å²) in [6, 6.07) is 13.5. The molecule has 0 radical (unpaired) electrons. The number of fused-ring (bicyclic) bond motifs is 2. The molecule has 1 aromatic carbocycles. The van der Waals surface area contributed by atoms with Crippen molar-refractivity contribution >= 4 is 21.7 Å². The maximum absolute atomic E-state index is 13.5. The van der Waals surface area contributed by atoms with Crippen molar-refractivity contribution in [3.63, 3.8) is 0 Å². The van der Waals surface area contributed by atoms with E-state index in [0.29, 0.717) is 18.9 Å². The van der Waals surface area contributed by atoms with Crippen LogP contribution in [0.2, 0.25) is 0 Å². The molecule has 3 aliphatic heterocycles. The van der Waals surface area contributed by atoms with Crippen molar-refractivity contribution in [2.45, 2.75) is 32.2 Å². The Bertz CT molecular complexity index is 1450. The highest BCUT2D eigenvalue weighted by atomic mass is 32.2. The normalized spacial score (nSPS) is 20.1. The molecule has 178 valence electrons. The number of hydrogen-bond donors (Lipinski definition) is 0. The van der Waals surface area contributed by atoms with Crippen molar-refractivity contribution in [3.8, 4) is 5.69 Å². The Kier molecular flexibility index (Phi) is 5.38. The zero-order valence-electron chi connectivity index (χ0n) is 19.4. The van der Waals surface area contributed by atoms with Gasteiger partial charge in [0.05, 0.1) is 22.3 Å². The van der Waals surface area contributed by atoms with E-state index >= 15 is 0 Å². The van der Waals surface area contributed by atoms with Gasteiger partial charge in [-0.25, -0.2) is 18.1 Å². The molecule has 2 aromatic heterocycles. The third-order valence-electron chi connectivity index (χ3n) is 6.73. The van der Waals surface area contributed by atoms with Gasteiger partial charge >= 0.3 is 0 Å². The highest BCUT2D eigenvalue weighted by Gasteiger charge is 2.38. The molecule has 0 bridgehead atoms. The second kappa shape index (κ2) is 8.58. The van der Waals surface area contributed by atoms with Crippen LogP contribution >= 0.6 is 0 Å². The standard InChI is InChI=1S/C26H26N6O2S/c1-19-24-25(20-9-8-14-27-17-20)31-18-22(35(33,34)30-15-6-3-7-16-30)12-13-23(31)28-26(24)32(29-19)21-10-4-2-5-11-21/h2,4-5,8-14,17-18,25H,3,6-7,15-16H2,1H3/t25-/m1/s1. The van der Waals surface area contributed by atoms with Gasteiger partial charge in [-0.2, -0.15) is 9.40 Å². The van der Waals surface area contributed by atoms with Crippen LogP contribution in [0.4, 0.5) is 5.82 Å². The first-order chi connectivity index (χ1) is 17.0. The summed E-state index contributed by atoms with van der Waals surface area (Å²) in [5, 5.41) is 4.83. The number of aryl methyl sites for hydroxylation is 1. The Morgan fingerprint density at radius 2 is 1.77 bits per heavy atom. The molecular weight excluding hydrogens is 460 g/mol. The quantitative estimate of drug-likeness (QED) is 0.551. The molecule has 0 saturated carbocycles. The number of pyridine rings is 1. The molecule has 0 N–H and O–H groups in total. The van der Waals surface area contributed by atoms with Crippen LogP contribution in [0.15, 0.2) is 83.1 Å². The summed E-state index contributed by atoms with van der Waals surface area (Å²) < 4.78 is 30.4. The number of aliphatic imine (C=N–C) groups is 1. The molecule has 35 heavy (non-hydrogen) atoms. The van der Waals surface area contributed by atoms with Crippen LogP contribution in [0.1, 0.15) is 42.1 Å². The number of piperidine rings is 1. The number of allylic oxidation sites excluding steroid dienone is 1. The molecule has 5 heterocycles. The molecule has 1 atom stereocenters. The summed E-state index contributed by atoms with van der Waals surface area (Å²) >= 11 is 0. The van der Waals surface area contributed by atoms with Crippen molar-refractivity contribution in [1.29, 1.82) is 0 Å². The Balaban J connectivity index is 1.51. The molecule has 9 heteroatoms. The number of sulfonamides is 1. The molecule has 0 spiro atoms. The lowest BCUT2D eigenvalue weighted by molar-refractivity contribution is 0.349. The van der Waals surface area contributed by atoms with E-state index in [1.807, 2.05) is 65.2 Å². The third-order valence-corrected chi connectivity index (χ3v) is 8.62. The first-order valence-electron chi connectivity index (χ1n) is 11.9. The first kappa shape index (κ1) is 21.9. The summed E-state index contributed by atoms with van der Waals surface area (Å²) in [7, 11) is -3.59. The minimum Gasteiger partial charge on any atom is -0.320 e. The number of rotatable bonds is 4. The van der Waals surface area contributed by atoms with Gasteiger partial charge in [0.2, 0.25) is 10.0 Å². The van der Waals surface area contributed by atoms with Crippen LogP contribution in [0.3, 0.4) is 0 Å². The summed E-state index contributed by atoms with van der Waals surface area (Å²) in [6.45, 7) is 3.10. The number of amidine groups is 1. The van der Waals surface area contributed by atoms with Gasteiger partial charge in [0.1, 0.15) is 5.84 Å². The van der Waals surface area contributed by atoms with Crippen LogP contribution in [-0.2, 0) is 10.0 Å². The second-order valence-corrected chi connectivity index (χ2v) is 10.9. The van der Waals surface area contributed by atoms with Gasteiger partial charge in [0, 0.05) is 37.2 Å². The number of hydrogen-bond acceptors (Lipinski definition) is 6. The lowest BCUT2D eigenvalue weighted by Gasteiger charge is -2.37. The number of aromatic nitrogens is 3. The SMILES string of the molecule is Cc1nn(-c2ccccc2)c2c1[C@@H](c1cccnc1)N1C=C(S(=O)(=O)N3CCCCC3)C=CC1=N2. The van der Waals surface area contributed by atoms with E-state index in [0.717, 1.165) is 47.6 Å². The molecule has 0 unspecified atom stereocenters. The highest BCUT2D eigenvalue weighted by molar-refractivity contribution is 7.93.